The Labute approximate surface area is 91.4 Å². The third-order valence-corrected chi connectivity index (χ3v) is 2.46. The van der Waals surface area contributed by atoms with Crippen LogP contribution in [0.15, 0.2) is 31.2 Å². The minimum absolute atomic E-state index is 0.424. The van der Waals surface area contributed by atoms with Crippen molar-refractivity contribution in [3.05, 3.63) is 36.9 Å². The van der Waals surface area contributed by atoms with Crippen molar-refractivity contribution >= 4 is 11.5 Å². The molecule has 0 fully saturated rings. The van der Waals surface area contributed by atoms with Gasteiger partial charge in [0.15, 0.2) is 0 Å². The first-order valence-corrected chi connectivity index (χ1v) is 4.83. The van der Waals surface area contributed by atoms with E-state index in [4.69, 9.17) is 5.73 Å². The monoisotopic (exact) mass is 214 g/mol. The summed E-state index contributed by atoms with van der Waals surface area (Å²) in [6, 6.07) is 0. The van der Waals surface area contributed by atoms with Gasteiger partial charge >= 0.3 is 0 Å². The SMILES string of the molecule is Cc1cn(-c2cnc(N)n3cncc23)cn1. The van der Waals surface area contributed by atoms with Crippen molar-refractivity contribution in [1.82, 2.24) is 23.9 Å². The summed E-state index contributed by atoms with van der Waals surface area (Å²) >= 11 is 0. The van der Waals surface area contributed by atoms with E-state index in [-0.39, 0.29) is 0 Å². The van der Waals surface area contributed by atoms with E-state index >= 15 is 0 Å². The van der Waals surface area contributed by atoms with E-state index in [1.165, 1.54) is 0 Å². The lowest BCUT2D eigenvalue weighted by molar-refractivity contribution is 1.01. The topological polar surface area (TPSA) is 74.0 Å². The molecule has 80 valence electrons. The highest BCUT2D eigenvalue weighted by Crippen LogP contribution is 2.16. The summed E-state index contributed by atoms with van der Waals surface area (Å²) in [6.07, 6.45) is 8.79. The number of hydrogen-bond acceptors (Lipinski definition) is 4. The second kappa shape index (κ2) is 3.06. The van der Waals surface area contributed by atoms with Gasteiger partial charge in [0.1, 0.15) is 6.33 Å². The first-order chi connectivity index (χ1) is 7.75. The van der Waals surface area contributed by atoms with Gasteiger partial charge in [0, 0.05) is 6.20 Å². The molecule has 0 atom stereocenters. The first kappa shape index (κ1) is 8.90. The number of hydrogen-bond donors (Lipinski definition) is 1. The lowest BCUT2D eigenvalue weighted by atomic mass is 10.4. The molecule has 3 aromatic heterocycles. The van der Waals surface area contributed by atoms with E-state index < -0.39 is 0 Å². The van der Waals surface area contributed by atoms with Crippen molar-refractivity contribution in [3.8, 4) is 5.69 Å². The number of aromatic nitrogens is 5. The van der Waals surface area contributed by atoms with Crippen molar-refractivity contribution in [2.45, 2.75) is 6.92 Å². The van der Waals surface area contributed by atoms with Gasteiger partial charge in [0.25, 0.3) is 0 Å². The Kier molecular flexibility index (Phi) is 1.70. The van der Waals surface area contributed by atoms with Crippen LogP contribution in [0, 0.1) is 6.92 Å². The summed E-state index contributed by atoms with van der Waals surface area (Å²) in [7, 11) is 0. The number of nitrogen functional groups attached to an aromatic ring is 1. The quantitative estimate of drug-likeness (QED) is 0.650. The van der Waals surface area contributed by atoms with Gasteiger partial charge in [-0.15, -0.1) is 0 Å². The summed E-state index contributed by atoms with van der Waals surface area (Å²) < 4.78 is 3.64. The van der Waals surface area contributed by atoms with E-state index in [1.54, 1.807) is 29.4 Å². The normalized spacial score (nSPS) is 11.1. The molecule has 0 aliphatic rings. The fourth-order valence-corrected chi connectivity index (χ4v) is 1.67. The van der Waals surface area contributed by atoms with Crippen LogP contribution in [0.4, 0.5) is 5.95 Å². The van der Waals surface area contributed by atoms with Gasteiger partial charge in [0.2, 0.25) is 5.95 Å². The van der Waals surface area contributed by atoms with Gasteiger partial charge in [0.05, 0.1) is 35.6 Å². The molecule has 0 saturated heterocycles. The van der Waals surface area contributed by atoms with Crippen molar-refractivity contribution < 1.29 is 0 Å². The predicted molar refractivity (Wildman–Crippen MR) is 59.3 cm³/mol. The highest BCUT2D eigenvalue weighted by Gasteiger charge is 2.07. The number of rotatable bonds is 1. The van der Waals surface area contributed by atoms with E-state index in [1.807, 2.05) is 17.7 Å². The molecule has 0 aliphatic carbocycles. The van der Waals surface area contributed by atoms with Crippen LogP contribution in [0.5, 0.6) is 0 Å². The second-order valence-electron chi connectivity index (χ2n) is 3.57. The number of nitrogens with zero attached hydrogens (tertiary/aromatic N) is 5. The summed E-state index contributed by atoms with van der Waals surface area (Å²) in [6.45, 7) is 1.94. The maximum Gasteiger partial charge on any atom is 0.206 e. The molecule has 0 amide bonds. The number of nitrogens with two attached hydrogens (primary N) is 1. The van der Waals surface area contributed by atoms with E-state index in [2.05, 4.69) is 15.0 Å². The highest BCUT2D eigenvalue weighted by molar-refractivity contribution is 5.64. The summed E-state index contributed by atoms with van der Waals surface area (Å²) in [5, 5.41) is 0. The van der Waals surface area contributed by atoms with E-state index in [9.17, 15) is 0 Å². The molecule has 2 N–H and O–H groups in total. The van der Waals surface area contributed by atoms with Crippen LogP contribution in [-0.4, -0.2) is 23.9 Å². The third kappa shape index (κ3) is 1.16. The number of fused-ring (bicyclic) bond motifs is 1. The molecule has 3 heterocycles. The largest absolute Gasteiger partial charge is 0.369 e. The number of anilines is 1. The zero-order chi connectivity index (χ0) is 11.1. The molecule has 0 aromatic carbocycles. The zero-order valence-corrected chi connectivity index (χ0v) is 8.70. The maximum absolute atomic E-state index is 5.74. The molecule has 0 bridgehead atoms. The van der Waals surface area contributed by atoms with Crippen LogP contribution in [0.1, 0.15) is 5.69 Å². The zero-order valence-electron chi connectivity index (χ0n) is 8.70. The summed E-state index contributed by atoms with van der Waals surface area (Å²) in [4.78, 5) is 12.4. The van der Waals surface area contributed by atoms with Crippen molar-refractivity contribution in [1.29, 1.82) is 0 Å². The van der Waals surface area contributed by atoms with Crippen LogP contribution in [0.3, 0.4) is 0 Å². The lowest BCUT2D eigenvalue weighted by Crippen LogP contribution is -2.02. The summed E-state index contributed by atoms with van der Waals surface area (Å²) in [5.74, 6) is 0.424. The van der Waals surface area contributed by atoms with Gasteiger partial charge in [-0.05, 0) is 6.92 Å². The molecule has 0 aliphatic heterocycles. The standard InChI is InChI=1S/C10H10N6/c1-7-4-15(6-14-7)8-3-13-10(11)16-5-12-2-9(8)16/h2-6H,1H3,(H2,11,13). The predicted octanol–water partition coefficient (Wildman–Crippen LogP) is 0.806. The fourth-order valence-electron chi connectivity index (χ4n) is 1.67. The Morgan fingerprint density at radius 3 is 2.81 bits per heavy atom. The molecule has 0 radical (unpaired) electrons. The van der Waals surface area contributed by atoms with Gasteiger partial charge in [-0.25, -0.2) is 15.0 Å². The average molecular weight is 214 g/mol. The minimum atomic E-state index is 0.424. The number of imidazole rings is 2. The van der Waals surface area contributed by atoms with Gasteiger partial charge in [-0.2, -0.15) is 0 Å². The van der Waals surface area contributed by atoms with Gasteiger partial charge in [-0.1, -0.05) is 0 Å². The molecule has 0 unspecified atom stereocenters. The van der Waals surface area contributed by atoms with Crippen LogP contribution in [-0.2, 0) is 0 Å². The van der Waals surface area contributed by atoms with Crippen LogP contribution in [0.2, 0.25) is 0 Å². The van der Waals surface area contributed by atoms with Gasteiger partial charge in [-0.3, -0.25) is 4.40 Å². The van der Waals surface area contributed by atoms with Crippen LogP contribution >= 0.6 is 0 Å². The molecular weight excluding hydrogens is 204 g/mol. The van der Waals surface area contributed by atoms with E-state index in [0.717, 1.165) is 16.9 Å². The molecule has 6 heteroatoms. The fraction of sp³-hybridized carbons (Fsp3) is 0.100. The smallest absolute Gasteiger partial charge is 0.206 e. The second-order valence-corrected chi connectivity index (χ2v) is 3.57. The Morgan fingerprint density at radius 1 is 1.19 bits per heavy atom. The first-order valence-electron chi connectivity index (χ1n) is 4.83. The van der Waals surface area contributed by atoms with Crippen molar-refractivity contribution in [2.75, 3.05) is 5.73 Å². The molecule has 16 heavy (non-hydrogen) atoms. The molecule has 6 nitrogen and oxygen atoms in total. The Hall–Kier alpha value is -2.37. The Morgan fingerprint density at radius 2 is 2.06 bits per heavy atom. The van der Waals surface area contributed by atoms with Crippen LogP contribution < -0.4 is 5.73 Å². The Balaban J connectivity index is 2.32. The third-order valence-electron chi connectivity index (χ3n) is 2.46. The summed E-state index contributed by atoms with van der Waals surface area (Å²) in [5.41, 5.74) is 8.51. The molecular formula is C10H10N6. The Bertz CT molecular complexity index is 650. The number of aryl methyl sites for hydroxylation is 1. The van der Waals surface area contributed by atoms with Crippen molar-refractivity contribution in [3.63, 3.8) is 0 Å². The molecule has 0 spiro atoms. The average Bonchev–Trinajstić information content (AvgIpc) is 2.87. The molecule has 3 aromatic rings. The van der Waals surface area contributed by atoms with E-state index in [0.29, 0.717) is 5.95 Å². The van der Waals surface area contributed by atoms with Crippen molar-refractivity contribution in [2.24, 2.45) is 0 Å². The molecule has 0 saturated carbocycles. The minimum Gasteiger partial charge on any atom is -0.369 e. The van der Waals surface area contributed by atoms with Crippen LogP contribution in [0.25, 0.3) is 11.2 Å². The van der Waals surface area contributed by atoms with Gasteiger partial charge < -0.3 is 10.3 Å². The molecule has 3 rings (SSSR count). The lowest BCUT2D eigenvalue weighted by Gasteiger charge is -2.05. The highest BCUT2D eigenvalue weighted by atomic mass is 15.1. The maximum atomic E-state index is 5.74.